The molecule has 27 heavy (non-hydrogen) atoms. The van der Waals surface area contributed by atoms with Gasteiger partial charge in [-0.05, 0) is 50.0 Å². The molecular formula is C22H39N3O2. The van der Waals surface area contributed by atoms with E-state index >= 15 is 0 Å². The Morgan fingerprint density at radius 1 is 1.07 bits per heavy atom. The Morgan fingerprint density at radius 2 is 1.81 bits per heavy atom. The maximum Gasteiger partial charge on any atom is 0.191 e. The molecule has 0 aliphatic carbocycles. The average molecular weight is 378 g/mol. The monoisotopic (exact) mass is 377 g/mol. The molecule has 154 valence electrons. The molecule has 1 rings (SSSR count). The number of unbranched alkanes of at least 4 members (excludes halogenated alkanes) is 1. The number of aliphatic imine (C=N–C) groups is 1. The van der Waals surface area contributed by atoms with E-state index in [4.69, 9.17) is 9.73 Å². The first-order valence-corrected chi connectivity index (χ1v) is 10.4. The van der Waals surface area contributed by atoms with E-state index < -0.39 is 0 Å². The van der Waals surface area contributed by atoms with Crippen LogP contribution >= 0.6 is 0 Å². The molecule has 0 saturated carbocycles. The van der Waals surface area contributed by atoms with Crippen LogP contribution in [0, 0.1) is 5.41 Å². The number of hydrogen-bond acceptors (Lipinski definition) is 3. The third-order valence-electron chi connectivity index (χ3n) is 5.18. The lowest BCUT2D eigenvalue weighted by molar-refractivity contribution is 0.117. The van der Waals surface area contributed by atoms with Crippen LogP contribution in [-0.2, 0) is 11.3 Å². The molecular weight excluding hydrogens is 338 g/mol. The van der Waals surface area contributed by atoms with Gasteiger partial charge in [0.1, 0.15) is 0 Å². The SMILES string of the molecule is CCNC(=NCC(CC)(CC)CCO)NCCCCOCc1ccccc1. The fourth-order valence-corrected chi connectivity index (χ4v) is 3.03. The lowest BCUT2D eigenvalue weighted by atomic mass is 9.79. The van der Waals surface area contributed by atoms with Crippen LogP contribution in [0.1, 0.15) is 58.4 Å². The number of hydrogen-bond donors (Lipinski definition) is 3. The van der Waals surface area contributed by atoms with Crippen molar-refractivity contribution >= 4 is 5.96 Å². The molecule has 0 saturated heterocycles. The Hall–Kier alpha value is -1.59. The van der Waals surface area contributed by atoms with Gasteiger partial charge in [-0.3, -0.25) is 4.99 Å². The molecule has 3 N–H and O–H groups in total. The highest BCUT2D eigenvalue weighted by Gasteiger charge is 2.25. The molecule has 0 heterocycles. The van der Waals surface area contributed by atoms with Crippen molar-refractivity contribution in [3.63, 3.8) is 0 Å². The van der Waals surface area contributed by atoms with Gasteiger partial charge in [-0.25, -0.2) is 0 Å². The highest BCUT2D eigenvalue weighted by Crippen LogP contribution is 2.30. The minimum Gasteiger partial charge on any atom is -0.396 e. The third kappa shape index (κ3) is 9.78. The number of guanidine groups is 1. The molecule has 0 amide bonds. The summed E-state index contributed by atoms with van der Waals surface area (Å²) < 4.78 is 5.73. The van der Waals surface area contributed by atoms with Gasteiger partial charge in [-0.15, -0.1) is 0 Å². The summed E-state index contributed by atoms with van der Waals surface area (Å²) in [6.07, 6.45) is 4.94. The lowest BCUT2D eigenvalue weighted by Gasteiger charge is -2.29. The molecule has 0 fully saturated rings. The standard InChI is InChI=1S/C22H39N3O2/c1-4-22(5-2,14-16-26)19-25-21(23-6-3)24-15-10-11-17-27-18-20-12-8-7-9-13-20/h7-9,12-13,26H,4-6,10-11,14-19H2,1-3H3,(H2,23,24,25). The van der Waals surface area contributed by atoms with Gasteiger partial charge in [0.25, 0.3) is 0 Å². The highest BCUT2D eigenvalue weighted by molar-refractivity contribution is 5.79. The molecule has 0 unspecified atom stereocenters. The Kier molecular flexibility index (Phi) is 12.6. The predicted molar refractivity (Wildman–Crippen MR) is 114 cm³/mol. The Bertz CT molecular complexity index is 502. The maximum absolute atomic E-state index is 9.36. The highest BCUT2D eigenvalue weighted by atomic mass is 16.5. The fourth-order valence-electron chi connectivity index (χ4n) is 3.03. The van der Waals surface area contributed by atoms with Gasteiger partial charge in [-0.2, -0.15) is 0 Å². The molecule has 5 heteroatoms. The van der Waals surface area contributed by atoms with Crippen molar-refractivity contribution in [3.05, 3.63) is 35.9 Å². The number of ether oxygens (including phenoxy) is 1. The van der Waals surface area contributed by atoms with Crippen molar-refractivity contribution in [2.45, 2.75) is 59.5 Å². The van der Waals surface area contributed by atoms with E-state index in [1.165, 1.54) is 5.56 Å². The van der Waals surface area contributed by atoms with Gasteiger partial charge in [0.05, 0.1) is 6.61 Å². The first-order valence-electron chi connectivity index (χ1n) is 10.4. The van der Waals surface area contributed by atoms with Crippen molar-refractivity contribution in [2.24, 2.45) is 10.4 Å². The van der Waals surface area contributed by atoms with Gasteiger partial charge in [-0.1, -0.05) is 44.2 Å². The summed E-state index contributed by atoms with van der Waals surface area (Å²) in [5.41, 5.74) is 1.32. The number of aliphatic hydroxyl groups excluding tert-OH is 1. The van der Waals surface area contributed by atoms with E-state index in [1.54, 1.807) is 0 Å². The van der Waals surface area contributed by atoms with Crippen LogP contribution in [-0.4, -0.2) is 43.9 Å². The normalized spacial score (nSPS) is 12.2. The van der Waals surface area contributed by atoms with Gasteiger partial charge < -0.3 is 20.5 Å². The van der Waals surface area contributed by atoms with Crippen molar-refractivity contribution in [1.29, 1.82) is 0 Å². The van der Waals surface area contributed by atoms with E-state index in [2.05, 4.69) is 43.5 Å². The molecule has 0 spiro atoms. The third-order valence-corrected chi connectivity index (χ3v) is 5.18. The van der Waals surface area contributed by atoms with Crippen molar-refractivity contribution in [2.75, 3.05) is 32.8 Å². The summed E-state index contributed by atoms with van der Waals surface area (Å²) in [5.74, 6) is 0.868. The maximum atomic E-state index is 9.36. The van der Waals surface area contributed by atoms with E-state index in [1.807, 2.05) is 18.2 Å². The van der Waals surface area contributed by atoms with Crippen LogP contribution in [0.4, 0.5) is 0 Å². The molecule has 0 aliphatic rings. The number of aliphatic hydroxyl groups is 1. The Morgan fingerprint density at radius 3 is 2.44 bits per heavy atom. The first-order chi connectivity index (χ1) is 13.2. The lowest BCUT2D eigenvalue weighted by Crippen LogP contribution is -2.39. The van der Waals surface area contributed by atoms with Gasteiger partial charge in [0.2, 0.25) is 0 Å². The molecule has 0 atom stereocenters. The van der Waals surface area contributed by atoms with Gasteiger partial charge >= 0.3 is 0 Å². The van der Waals surface area contributed by atoms with E-state index in [9.17, 15) is 5.11 Å². The van der Waals surface area contributed by atoms with Gasteiger partial charge in [0, 0.05) is 32.8 Å². The fraction of sp³-hybridized carbons (Fsp3) is 0.682. The molecule has 0 aliphatic heterocycles. The van der Waals surface area contributed by atoms with Crippen LogP contribution in [0.25, 0.3) is 0 Å². The quantitative estimate of drug-likeness (QED) is 0.263. The largest absolute Gasteiger partial charge is 0.396 e. The van der Waals surface area contributed by atoms with Gasteiger partial charge in [0.15, 0.2) is 5.96 Å². The average Bonchev–Trinajstić information content (AvgIpc) is 2.71. The first kappa shape index (κ1) is 23.4. The predicted octanol–water partition coefficient (Wildman–Crippen LogP) is 3.73. The topological polar surface area (TPSA) is 65.9 Å². The summed E-state index contributed by atoms with van der Waals surface area (Å²) in [7, 11) is 0. The summed E-state index contributed by atoms with van der Waals surface area (Å²) in [6, 6.07) is 10.3. The van der Waals surface area contributed by atoms with E-state index in [0.717, 1.165) is 64.3 Å². The zero-order chi connectivity index (χ0) is 19.8. The van der Waals surface area contributed by atoms with Crippen LogP contribution in [0.2, 0.25) is 0 Å². The number of nitrogens with zero attached hydrogens (tertiary/aromatic N) is 1. The van der Waals surface area contributed by atoms with Crippen LogP contribution < -0.4 is 10.6 Å². The summed E-state index contributed by atoms with van der Waals surface area (Å²) in [4.78, 5) is 4.77. The molecule has 0 aromatic heterocycles. The Balaban J connectivity index is 2.28. The summed E-state index contributed by atoms with van der Waals surface area (Å²) in [6.45, 7) is 10.6. The second-order valence-electron chi connectivity index (χ2n) is 7.05. The smallest absolute Gasteiger partial charge is 0.191 e. The minimum atomic E-state index is 0.0996. The number of benzene rings is 1. The van der Waals surface area contributed by atoms with E-state index in [0.29, 0.717) is 6.61 Å². The van der Waals surface area contributed by atoms with Crippen LogP contribution in [0.15, 0.2) is 35.3 Å². The molecule has 0 bridgehead atoms. The second kappa shape index (κ2) is 14.5. The van der Waals surface area contributed by atoms with Crippen LogP contribution in [0.3, 0.4) is 0 Å². The number of nitrogens with one attached hydrogen (secondary N) is 2. The zero-order valence-corrected chi connectivity index (χ0v) is 17.5. The van der Waals surface area contributed by atoms with Crippen LogP contribution in [0.5, 0.6) is 0 Å². The molecule has 1 aromatic carbocycles. The Labute approximate surface area is 165 Å². The summed E-state index contributed by atoms with van der Waals surface area (Å²) in [5, 5.41) is 16.1. The van der Waals surface area contributed by atoms with Crippen molar-refractivity contribution in [3.8, 4) is 0 Å². The molecule has 5 nitrogen and oxygen atoms in total. The minimum absolute atomic E-state index is 0.0996. The molecule has 1 aromatic rings. The second-order valence-corrected chi connectivity index (χ2v) is 7.05. The van der Waals surface area contributed by atoms with Crippen molar-refractivity contribution < 1.29 is 9.84 Å². The van der Waals surface area contributed by atoms with E-state index in [-0.39, 0.29) is 12.0 Å². The van der Waals surface area contributed by atoms with Crippen molar-refractivity contribution in [1.82, 2.24) is 10.6 Å². The number of rotatable bonds is 14. The molecule has 0 radical (unpaired) electrons. The summed E-state index contributed by atoms with van der Waals surface area (Å²) >= 11 is 0. The zero-order valence-electron chi connectivity index (χ0n) is 17.5.